The fourth-order valence-corrected chi connectivity index (χ4v) is 1.52. The molecule has 0 radical (unpaired) electrons. The number of methoxy groups -OCH3 is 1. The average Bonchev–Trinajstić information content (AvgIpc) is 2.29. The second kappa shape index (κ2) is 7.17. The fourth-order valence-electron chi connectivity index (χ4n) is 1.52. The fraction of sp³-hybridized carbons (Fsp3) is 0.571. The van der Waals surface area contributed by atoms with Crippen LogP contribution in [-0.2, 0) is 0 Å². The molecule has 0 amide bonds. The molecule has 0 aliphatic heterocycles. The lowest BCUT2D eigenvalue weighted by Crippen LogP contribution is -2.27. The Labute approximate surface area is 104 Å². The zero-order valence-electron chi connectivity index (χ0n) is 11.2. The SMILES string of the molecule is COc1ccc(OC(C)CCNC(C)C)cc1. The van der Waals surface area contributed by atoms with Crippen molar-refractivity contribution in [3.63, 3.8) is 0 Å². The van der Waals surface area contributed by atoms with Crippen molar-refractivity contribution in [2.24, 2.45) is 0 Å². The highest BCUT2D eigenvalue weighted by molar-refractivity contribution is 5.31. The highest BCUT2D eigenvalue weighted by atomic mass is 16.5. The Bertz CT molecular complexity index is 309. The van der Waals surface area contributed by atoms with Crippen LogP contribution in [0.3, 0.4) is 0 Å². The average molecular weight is 237 g/mol. The molecule has 17 heavy (non-hydrogen) atoms. The van der Waals surface area contributed by atoms with Crippen LogP contribution in [0.5, 0.6) is 11.5 Å². The van der Waals surface area contributed by atoms with Crippen LogP contribution in [0.25, 0.3) is 0 Å². The number of nitrogens with one attached hydrogen (secondary N) is 1. The minimum atomic E-state index is 0.217. The lowest BCUT2D eigenvalue weighted by Gasteiger charge is -2.16. The van der Waals surface area contributed by atoms with Crippen molar-refractivity contribution in [3.05, 3.63) is 24.3 Å². The molecule has 0 fully saturated rings. The van der Waals surface area contributed by atoms with Gasteiger partial charge in [-0.2, -0.15) is 0 Å². The van der Waals surface area contributed by atoms with E-state index in [2.05, 4.69) is 26.1 Å². The number of hydrogen-bond donors (Lipinski definition) is 1. The van der Waals surface area contributed by atoms with E-state index in [0.717, 1.165) is 24.5 Å². The number of hydrogen-bond acceptors (Lipinski definition) is 3. The normalized spacial score (nSPS) is 12.5. The van der Waals surface area contributed by atoms with Gasteiger partial charge in [0.2, 0.25) is 0 Å². The Morgan fingerprint density at radius 2 is 1.65 bits per heavy atom. The van der Waals surface area contributed by atoms with E-state index in [1.54, 1.807) is 7.11 Å². The van der Waals surface area contributed by atoms with Crippen molar-refractivity contribution in [2.45, 2.75) is 39.3 Å². The number of rotatable bonds is 7. The quantitative estimate of drug-likeness (QED) is 0.791. The first-order valence-corrected chi connectivity index (χ1v) is 6.16. The molecule has 0 heterocycles. The van der Waals surface area contributed by atoms with Gasteiger partial charge in [-0.1, -0.05) is 13.8 Å². The smallest absolute Gasteiger partial charge is 0.119 e. The molecule has 3 heteroatoms. The summed E-state index contributed by atoms with van der Waals surface area (Å²) in [6, 6.07) is 8.22. The maximum absolute atomic E-state index is 5.80. The van der Waals surface area contributed by atoms with Crippen molar-refractivity contribution in [2.75, 3.05) is 13.7 Å². The maximum Gasteiger partial charge on any atom is 0.119 e. The van der Waals surface area contributed by atoms with Gasteiger partial charge in [-0.25, -0.2) is 0 Å². The molecule has 1 aromatic rings. The topological polar surface area (TPSA) is 30.5 Å². The molecule has 96 valence electrons. The third-order valence-electron chi connectivity index (χ3n) is 2.50. The molecule has 0 saturated carbocycles. The standard InChI is InChI=1S/C14H23NO2/c1-11(2)15-10-9-12(3)17-14-7-5-13(16-4)6-8-14/h5-8,11-12,15H,9-10H2,1-4H3. The van der Waals surface area contributed by atoms with E-state index in [1.165, 1.54) is 0 Å². The molecule has 0 aliphatic rings. The Morgan fingerprint density at radius 1 is 1.06 bits per heavy atom. The molecule has 3 nitrogen and oxygen atoms in total. The van der Waals surface area contributed by atoms with Gasteiger partial charge in [-0.3, -0.25) is 0 Å². The molecule has 0 aromatic heterocycles. The van der Waals surface area contributed by atoms with E-state index in [9.17, 15) is 0 Å². The third-order valence-corrected chi connectivity index (χ3v) is 2.50. The first kappa shape index (κ1) is 13.8. The molecule has 0 saturated heterocycles. The number of ether oxygens (including phenoxy) is 2. The van der Waals surface area contributed by atoms with Gasteiger partial charge in [-0.05, 0) is 44.2 Å². The van der Waals surface area contributed by atoms with Gasteiger partial charge in [-0.15, -0.1) is 0 Å². The van der Waals surface area contributed by atoms with Crippen LogP contribution in [0.1, 0.15) is 27.2 Å². The molecule has 1 aromatic carbocycles. The predicted molar refractivity (Wildman–Crippen MR) is 70.8 cm³/mol. The molecular weight excluding hydrogens is 214 g/mol. The van der Waals surface area contributed by atoms with Crippen LogP contribution >= 0.6 is 0 Å². The van der Waals surface area contributed by atoms with E-state index in [0.29, 0.717) is 6.04 Å². The van der Waals surface area contributed by atoms with Gasteiger partial charge in [0.15, 0.2) is 0 Å². The summed E-state index contributed by atoms with van der Waals surface area (Å²) in [6.07, 6.45) is 1.22. The molecular formula is C14H23NO2. The summed E-state index contributed by atoms with van der Waals surface area (Å²) in [5.74, 6) is 1.74. The predicted octanol–water partition coefficient (Wildman–Crippen LogP) is 2.85. The molecule has 1 rings (SSSR count). The van der Waals surface area contributed by atoms with E-state index in [-0.39, 0.29) is 6.10 Å². The van der Waals surface area contributed by atoms with Crippen molar-refractivity contribution in [1.29, 1.82) is 0 Å². The highest BCUT2D eigenvalue weighted by Crippen LogP contribution is 2.18. The minimum absolute atomic E-state index is 0.217. The van der Waals surface area contributed by atoms with Crippen LogP contribution in [0.15, 0.2) is 24.3 Å². The molecule has 0 spiro atoms. The maximum atomic E-state index is 5.80. The zero-order valence-corrected chi connectivity index (χ0v) is 11.2. The van der Waals surface area contributed by atoms with Gasteiger partial charge in [0.05, 0.1) is 13.2 Å². The summed E-state index contributed by atoms with van der Waals surface area (Å²) in [6.45, 7) is 7.37. The molecule has 1 atom stereocenters. The van der Waals surface area contributed by atoms with Crippen LogP contribution in [-0.4, -0.2) is 25.8 Å². The van der Waals surface area contributed by atoms with Gasteiger partial charge in [0.1, 0.15) is 11.5 Å². The number of benzene rings is 1. The van der Waals surface area contributed by atoms with E-state index >= 15 is 0 Å². The van der Waals surface area contributed by atoms with Crippen LogP contribution in [0, 0.1) is 0 Å². The third kappa shape index (κ3) is 5.59. The van der Waals surface area contributed by atoms with Gasteiger partial charge < -0.3 is 14.8 Å². The summed E-state index contributed by atoms with van der Waals surface area (Å²) >= 11 is 0. The van der Waals surface area contributed by atoms with Gasteiger partial charge in [0, 0.05) is 6.04 Å². The lowest BCUT2D eigenvalue weighted by molar-refractivity contribution is 0.208. The Kier molecular flexibility index (Phi) is 5.84. The van der Waals surface area contributed by atoms with Gasteiger partial charge in [0.25, 0.3) is 0 Å². The molecule has 0 bridgehead atoms. The van der Waals surface area contributed by atoms with Gasteiger partial charge >= 0.3 is 0 Å². The zero-order chi connectivity index (χ0) is 12.7. The second-order valence-electron chi connectivity index (χ2n) is 4.50. The molecule has 0 aliphatic carbocycles. The van der Waals surface area contributed by atoms with E-state index in [4.69, 9.17) is 9.47 Å². The summed E-state index contributed by atoms with van der Waals surface area (Å²) < 4.78 is 10.9. The monoisotopic (exact) mass is 237 g/mol. The van der Waals surface area contributed by atoms with Crippen LogP contribution < -0.4 is 14.8 Å². The first-order valence-electron chi connectivity index (χ1n) is 6.16. The largest absolute Gasteiger partial charge is 0.497 e. The van der Waals surface area contributed by atoms with E-state index in [1.807, 2.05) is 24.3 Å². The summed E-state index contributed by atoms with van der Waals surface area (Å²) in [5.41, 5.74) is 0. The van der Waals surface area contributed by atoms with E-state index < -0.39 is 0 Å². The lowest BCUT2D eigenvalue weighted by atomic mass is 10.2. The summed E-state index contributed by atoms with van der Waals surface area (Å²) in [4.78, 5) is 0. The van der Waals surface area contributed by atoms with Crippen molar-refractivity contribution in [3.8, 4) is 11.5 Å². The van der Waals surface area contributed by atoms with Crippen molar-refractivity contribution >= 4 is 0 Å². The molecule has 1 unspecified atom stereocenters. The molecule has 1 N–H and O–H groups in total. The summed E-state index contributed by atoms with van der Waals surface area (Å²) in [5, 5.41) is 3.38. The van der Waals surface area contributed by atoms with Crippen molar-refractivity contribution < 1.29 is 9.47 Å². The van der Waals surface area contributed by atoms with Crippen molar-refractivity contribution in [1.82, 2.24) is 5.32 Å². The second-order valence-corrected chi connectivity index (χ2v) is 4.50. The summed E-state index contributed by atoms with van der Waals surface area (Å²) in [7, 11) is 1.66. The van der Waals surface area contributed by atoms with Crippen LogP contribution in [0.2, 0.25) is 0 Å². The Balaban J connectivity index is 2.31. The first-order chi connectivity index (χ1) is 8.11. The highest BCUT2D eigenvalue weighted by Gasteiger charge is 2.04. The Morgan fingerprint density at radius 3 is 2.18 bits per heavy atom. The Hall–Kier alpha value is -1.22. The van der Waals surface area contributed by atoms with Crippen LogP contribution in [0.4, 0.5) is 0 Å². The minimum Gasteiger partial charge on any atom is -0.497 e.